The minimum atomic E-state index is 0.255. The minimum Gasteiger partial charge on any atom is -0.295 e. The van der Waals surface area contributed by atoms with Crippen molar-refractivity contribution in [2.75, 3.05) is 6.54 Å². The van der Waals surface area contributed by atoms with Crippen LogP contribution in [0.4, 0.5) is 0 Å². The Labute approximate surface area is 148 Å². The third kappa shape index (κ3) is 3.17. The lowest BCUT2D eigenvalue weighted by Gasteiger charge is -2.09. The van der Waals surface area contributed by atoms with Gasteiger partial charge in [0, 0.05) is 23.6 Å². The first kappa shape index (κ1) is 16.6. The normalized spacial score (nSPS) is 10.8. The fourth-order valence-corrected chi connectivity index (χ4v) is 2.85. The third-order valence-corrected chi connectivity index (χ3v) is 4.38. The lowest BCUT2D eigenvalue weighted by atomic mass is 10.1. The van der Waals surface area contributed by atoms with Crippen LogP contribution >= 0.6 is 23.2 Å². The molecule has 0 amide bonds. The summed E-state index contributed by atoms with van der Waals surface area (Å²) in [6.45, 7) is 2.48. The molecule has 8 heteroatoms. The quantitative estimate of drug-likeness (QED) is 0.273. The van der Waals surface area contributed by atoms with Crippen molar-refractivity contribution in [1.82, 2.24) is 14.5 Å². The highest BCUT2D eigenvalue weighted by molar-refractivity contribution is 6.41. The summed E-state index contributed by atoms with van der Waals surface area (Å²) >= 11 is 12.1. The van der Waals surface area contributed by atoms with Crippen molar-refractivity contribution in [2.45, 2.75) is 19.8 Å². The third-order valence-electron chi connectivity index (χ3n) is 3.70. The topological polar surface area (TPSA) is 79.5 Å². The van der Waals surface area contributed by atoms with Crippen LogP contribution < -0.4 is 0 Å². The molecule has 0 aliphatic carbocycles. The van der Waals surface area contributed by atoms with E-state index in [2.05, 4.69) is 20.0 Å². The van der Waals surface area contributed by atoms with Gasteiger partial charge in [0.1, 0.15) is 11.0 Å². The second-order valence-corrected chi connectivity index (χ2v) is 5.96. The lowest BCUT2D eigenvalue weighted by Crippen LogP contribution is -2.00. The lowest BCUT2D eigenvalue weighted by molar-refractivity contribution is 0.904. The first-order valence-corrected chi connectivity index (χ1v) is 8.23. The predicted molar refractivity (Wildman–Crippen MR) is 96.0 cm³/mol. The van der Waals surface area contributed by atoms with Crippen LogP contribution in [-0.2, 0) is 12.8 Å². The van der Waals surface area contributed by atoms with E-state index in [1.54, 1.807) is 6.07 Å². The number of nitrogens with zero attached hydrogens (tertiary/aromatic N) is 6. The maximum Gasteiger partial charge on any atom is 0.179 e. The predicted octanol–water partition coefficient (Wildman–Crippen LogP) is 5.14. The Kier molecular flexibility index (Phi) is 4.90. The summed E-state index contributed by atoms with van der Waals surface area (Å²) in [5, 5.41) is 4.21. The zero-order chi connectivity index (χ0) is 17.1. The molecule has 0 aliphatic rings. The maximum absolute atomic E-state index is 8.34. The number of aromatic nitrogens is 3. The van der Waals surface area contributed by atoms with Gasteiger partial charge in [0.2, 0.25) is 0 Å². The van der Waals surface area contributed by atoms with Crippen LogP contribution in [0.2, 0.25) is 10.2 Å². The minimum absolute atomic E-state index is 0.255. The van der Waals surface area contributed by atoms with E-state index in [1.165, 1.54) is 0 Å². The van der Waals surface area contributed by atoms with E-state index >= 15 is 0 Å². The average Bonchev–Trinajstić information content (AvgIpc) is 2.93. The molecule has 0 saturated carbocycles. The highest BCUT2D eigenvalue weighted by atomic mass is 35.5. The number of benzene rings is 1. The van der Waals surface area contributed by atoms with Crippen LogP contribution in [-0.4, -0.2) is 21.1 Å². The zero-order valence-electron chi connectivity index (χ0n) is 12.9. The molecule has 0 saturated heterocycles. The monoisotopic (exact) mass is 360 g/mol. The summed E-state index contributed by atoms with van der Waals surface area (Å²) in [4.78, 5) is 11.6. The molecule has 0 fully saturated rings. The van der Waals surface area contributed by atoms with Crippen LogP contribution in [0, 0.1) is 0 Å². The van der Waals surface area contributed by atoms with Crippen molar-refractivity contribution in [1.29, 1.82) is 0 Å². The molecule has 0 spiro atoms. The van der Waals surface area contributed by atoms with Gasteiger partial charge in [0.25, 0.3) is 0 Å². The summed E-state index contributed by atoms with van der Waals surface area (Å²) in [6.07, 6.45) is 1.46. The number of rotatable bonds is 5. The molecule has 0 aliphatic heterocycles. The van der Waals surface area contributed by atoms with Crippen LogP contribution in [0.25, 0.3) is 27.3 Å². The van der Waals surface area contributed by atoms with Crippen molar-refractivity contribution >= 4 is 34.4 Å². The summed E-state index contributed by atoms with van der Waals surface area (Å²) in [7, 11) is 0. The van der Waals surface area contributed by atoms with Crippen molar-refractivity contribution < 1.29 is 0 Å². The van der Waals surface area contributed by atoms with Crippen molar-refractivity contribution in [2.24, 2.45) is 5.11 Å². The second kappa shape index (κ2) is 7.09. The van der Waals surface area contributed by atoms with E-state index in [1.807, 2.05) is 35.8 Å². The number of aryl methyl sites for hydroxylation is 1. The molecule has 0 bridgehead atoms. The molecular formula is C16H14Cl2N6. The highest BCUT2D eigenvalue weighted by Gasteiger charge is 2.14. The number of fused-ring (bicyclic) bond motifs is 1. The molecule has 24 heavy (non-hydrogen) atoms. The number of azide groups is 1. The van der Waals surface area contributed by atoms with Gasteiger partial charge >= 0.3 is 0 Å². The molecule has 6 nitrogen and oxygen atoms in total. The molecule has 0 radical (unpaired) electrons. The Balaban J connectivity index is 2.04. The number of hydrogen-bond acceptors (Lipinski definition) is 3. The van der Waals surface area contributed by atoms with Gasteiger partial charge in [-0.2, -0.15) is 0 Å². The largest absolute Gasteiger partial charge is 0.295 e. The molecule has 0 N–H and O–H groups in total. The zero-order valence-corrected chi connectivity index (χ0v) is 14.5. The Morgan fingerprint density at radius 3 is 2.62 bits per heavy atom. The first-order valence-electron chi connectivity index (χ1n) is 7.47. The first-order chi connectivity index (χ1) is 11.6. The van der Waals surface area contributed by atoms with Gasteiger partial charge in [-0.15, -0.1) is 0 Å². The maximum atomic E-state index is 8.34. The number of pyridine rings is 1. The van der Waals surface area contributed by atoms with Gasteiger partial charge in [0.15, 0.2) is 5.65 Å². The van der Waals surface area contributed by atoms with Crippen LogP contribution in [0.5, 0.6) is 0 Å². The Bertz CT molecular complexity index is 926. The van der Waals surface area contributed by atoms with Gasteiger partial charge < -0.3 is 0 Å². The summed E-state index contributed by atoms with van der Waals surface area (Å²) < 4.78 is 2.03. The van der Waals surface area contributed by atoms with E-state index in [-0.39, 0.29) is 5.15 Å². The SMILES string of the molecule is CCc1nc2nc(Cl)c(Cl)cc2n1-c1ccc(CCN=[N+]=[N-])cc1. The molecule has 0 atom stereocenters. The standard InChI is InChI=1S/C16H14Cl2N6/c1-2-14-21-16-13(9-12(17)15(18)22-16)24(14)11-5-3-10(4-6-11)7-8-20-23-19/h3-6,9H,2,7-8H2,1H3. The molecule has 2 heterocycles. The fraction of sp³-hybridized carbons (Fsp3) is 0.250. The van der Waals surface area contributed by atoms with Gasteiger partial charge in [-0.25, -0.2) is 9.97 Å². The summed E-state index contributed by atoms with van der Waals surface area (Å²) in [6, 6.07) is 9.83. The van der Waals surface area contributed by atoms with E-state index in [9.17, 15) is 0 Å². The van der Waals surface area contributed by atoms with E-state index in [0.717, 1.165) is 29.0 Å². The summed E-state index contributed by atoms with van der Waals surface area (Å²) in [5.74, 6) is 0.887. The van der Waals surface area contributed by atoms with Crippen LogP contribution in [0.1, 0.15) is 18.3 Å². The Hall–Kier alpha value is -2.27. The summed E-state index contributed by atoms with van der Waals surface area (Å²) in [5.41, 5.74) is 11.8. The van der Waals surface area contributed by atoms with Crippen molar-refractivity contribution in [3.63, 3.8) is 0 Å². The Morgan fingerprint density at radius 1 is 1.21 bits per heavy atom. The molecule has 1 aromatic carbocycles. The van der Waals surface area contributed by atoms with E-state index in [4.69, 9.17) is 28.7 Å². The van der Waals surface area contributed by atoms with E-state index < -0.39 is 0 Å². The Morgan fingerprint density at radius 2 is 1.96 bits per heavy atom. The van der Waals surface area contributed by atoms with Crippen molar-refractivity contribution in [3.05, 3.63) is 62.3 Å². The molecule has 3 rings (SSSR count). The van der Waals surface area contributed by atoms with Crippen molar-refractivity contribution in [3.8, 4) is 5.69 Å². The van der Waals surface area contributed by atoms with Gasteiger partial charge in [-0.1, -0.05) is 47.4 Å². The van der Waals surface area contributed by atoms with Gasteiger partial charge in [0.05, 0.1) is 10.5 Å². The molecule has 3 aromatic rings. The molecule has 0 unspecified atom stereocenters. The fourth-order valence-electron chi connectivity index (χ4n) is 2.57. The van der Waals surface area contributed by atoms with Crippen LogP contribution in [0.15, 0.2) is 35.4 Å². The second-order valence-electron chi connectivity index (χ2n) is 5.19. The highest BCUT2D eigenvalue weighted by Crippen LogP contribution is 2.28. The number of hydrogen-bond donors (Lipinski definition) is 0. The van der Waals surface area contributed by atoms with Crippen LogP contribution in [0.3, 0.4) is 0 Å². The number of halogens is 2. The van der Waals surface area contributed by atoms with Gasteiger partial charge in [-0.05, 0) is 35.7 Å². The molecular weight excluding hydrogens is 347 g/mol. The van der Waals surface area contributed by atoms with E-state index in [0.29, 0.717) is 23.6 Å². The smallest absolute Gasteiger partial charge is 0.179 e. The number of imidazole rings is 1. The molecule has 2 aromatic heterocycles. The van der Waals surface area contributed by atoms with Gasteiger partial charge in [-0.3, -0.25) is 4.57 Å². The average molecular weight is 361 g/mol. The molecule has 122 valence electrons.